The fourth-order valence-corrected chi connectivity index (χ4v) is 1.06. The van der Waals surface area contributed by atoms with Gasteiger partial charge in [-0.15, -0.1) is 0 Å². The molecule has 0 aliphatic carbocycles. The molecule has 0 aromatic rings. The summed E-state index contributed by atoms with van der Waals surface area (Å²) < 4.78 is 40.5. The molecule has 1 atom stereocenters. The zero-order valence-electron chi connectivity index (χ0n) is 8.32. The van der Waals surface area contributed by atoms with Crippen LogP contribution in [0.2, 0.25) is 0 Å². The summed E-state index contributed by atoms with van der Waals surface area (Å²) in [5.41, 5.74) is -0.996. The van der Waals surface area contributed by atoms with E-state index in [1.165, 1.54) is 7.11 Å². The smallest absolute Gasteiger partial charge is 0.394 e. The standard InChI is InChI=1S/C8H16F3NO2/c1-3-7(5-13,6-14-2)12-4-8(9,10)11/h12-13H,3-6H2,1-2H3. The Morgan fingerprint density at radius 1 is 1.36 bits per heavy atom. The number of alkyl halides is 3. The highest BCUT2D eigenvalue weighted by atomic mass is 19.4. The van der Waals surface area contributed by atoms with Gasteiger partial charge in [0.1, 0.15) is 0 Å². The van der Waals surface area contributed by atoms with Crippen molar-refractivity contribution < 1.29 is 23.0 Å². The minimum Gasteiger partial charge on any atom is -0.394 e. The molecule has 0 aromatic heterocycles. The summed E-state index contributed by atoms with van der Waals surface area (Å²) >= 11 is 0. The average molecular weight is 215 g/mol. The van der Waals surface area contributed by atoms with Gasteiger partial charge in [-0.3, -0.25) is 5.32 Å². The largest absolute Gasteiger partial charge is 0.401 e. The second kappa shape index (κ2) is 5.53. The van der Waals surface area contributed by atoms with Gasteiger partial charge in [0, 0.05) is 7.11 Å². The Hall–Kier alpha value is -0.330. The van der Waals surface area contributed by atoms with Crippen molar-refractivity contribution in [2.75, 3.05) is 26.9 Å². The third-order valence-corrected chi connectivity index (χ3v) is 2.06. The Morgan fingerprint density at radius 2 is 1.93 bits per heavy atom. The highest BCUT2D eigenvalue weighted by Crippen LogP contribution is 2.16. The number of halogens is 3. The monoisotopic (exact) mass is 215 g/mol. The van der Waals surface area contributed by atoms with E-state index in [0.29, 0.717) is 6.42 Å². The molecule has 0 aromatic carbocycles. The molecule has 0 heterocycles. The lowest BCUT2D eigenvalue weighted by atomic mass is 9.98. The van der Waals surface area contributed by atoms with Crippen molar-refractivity contribution in [2.24, 2.45) is 0 Å². The number of hydrogen-bond acceptors (Lipinski definition) is 3. The van der Waals surface area contributed by atoms with E-state index in [2.05, 4.69) is 5.32 Å². The highest BCUT2D eigenvalue weighted by Gasteiger charge is 2.34. The molecule has 0 amide bonds. The molecule has 0 rings (SSSR count). The number of hydrogen-bond donors (Lipinski definition) is 2. The number of rotatable bonds is 6. The third-order valence-electron chi connectivity index (χ3n) is 2.06. The van der Waals surface area contributed by atoms with Crippen molar-refractivity contribution >= 4 is 0 Å². The van der Waals surface area contributed by atoms with Gasteiger partial charge in [0.25, 0.3) is 0 Å². The molecule has 1 unspecified atom stereocenters. The van der Waals surface area contributed by atoms with E-state index in [1.54, 1.807) is 6.92 Å². The van der Waals surface area contributed by atoms with Crippen LogP contribution in [0.1, 0.15) is 13.3 Å². The first kappa shape index (κ1) is 13.7. The molecule has 0 saturated heterocycles. The maximum Gasteiger partial charge on any atom is 0.401 e. The average Bonchev–Trinajstić information content (AvgIpc) is 2.11. The van der Waals surface area contributed by atoms with Gasteiger partial charge in [-0.1, -0.05) is 6.92 Å². The minimum atomic E-state index is -4.27. The Bertz CT molecular complexity index is 157. The first-order chi connectivity index (χ1) is 6.39. The van der Waals surface area contributed by atoms with Crippen molar-refractivity contribution in [3.05, 3.63) is 0 Å². The van der Waals surface area contributed by atoms with Crippen LogP contribution < -0.4 is 5.32 Å². The van der Waals surface area contributed by atoms with Gasteiger partial charge in [0.15, 0.2) is 0 Å². The van der Waals surface area contributed by atoms with E-state index in [9.17, 15) is 13.2 Å². The summed E-state index contributed by atoms with van der Waals surface area (Å²) in [5.74, 6) is 0. The van der Waals surface area contributed by atoms with Crippen LogP contribution in [0.15, 0.2) is 0 Å². The van der Waals surface area contributed by atoms with Gasteiger partial charge in [-0.2, -0.15) is 13.2 Å². The summed E-state index contributed by atoms with van der Waals surface area (Å²) in [7, 11) is 1.38. The van der Waals surface area contributed by atoms with Gasteiger partial charge in [0.05, 0.1) is 25.3 Å². The van der Waals surface area contributed by atoms with E-state index in [4.69, 9.17) is 9.84 Å². The zero-order valence-corrected chi connectivity index (χ0v) is 8.32. The lowest BCUT2D eigenvalue weighted by molar-refractivity contribution is -0.131. The molecule has 14 heavy (non-hydrogen) atoms. The van der Waals surface area contributed by atoms with Crippen LogP contribution in [0.5, 0.6) is 0 Å². The Morgan fingerprint density at radius 3 is 2.21 bits per heavy atom. The first-order valence-electron chi connectivity index (χ1n) is 4.30. The van der Waals surface area contributed by atoms with Gasteiger partial charge in [-0.25, -0.2) is 0 Å². The molecule has 86 valence electrons. The number of aliphatic hydroxyl groups excluding tert-OH is 1. The summed E-state index contributed by atoms with van der Waals surface area (Å²) in [6.45, 7) is 0.243. The van der Waals surface area contributed by atoms with E-state index in [-0.39, 0.29) is 13.2 Å². The number of ether oxygens (including phenoxy) is 1. The minimum absolute atomic E-state index is 0.0517. The third kappa shape index (κ3) is 4.78. The molecule has 0 fully saturated rings. The molecule has 0 aliphatic rings. The molecule has 3 nitrogen and oxygen atoms in total. The van der Waals surface area contributed by atoms with Crippen molar-refractivity contribution in [3.63, 3.8) is 0 Å². The molecule has 2 N–H and O–H groups in total. The SMILES string of the molecule is CCC(CO)(COC)NCC(F)(F)F. The van der Waals surface area contributed by atoms with Gasteiger partial charge < -0.3 is 9.84 Å². The lowest BCUT2D eigenvalue weighted by Gasteiger charge is -2.31. The summed E-state index contributed by atoms with van der Waals surface area (Å²) in [4.78, 5) is 0. The predicted molar refractivity (Wildman–Crippen MR) is 46.0 cm³/mol. The van der Waals surface area contributed by atoms with Crippen LogP contribution in [0.3, 0.4) is 0 Å². The lowest BCUT2D eigenvalue weighted by Crippen LogP contribution is -2.54. The van der Waals surface area contributed by atoms with Crippen LogP contribution in [-0.4, -0.2) is 43.7 Å². The van der Waals surface area contributed by atoms with Gasteiger partial charge in [-0.05, 0) is 6.42 Å². The first-order valence-corrected chi connectivity index (χ1v) is 4.30. The van der Waals surface area contributed by atoms with Crippen molar-refractivity contribution in [2.45, 2.75) is 25.1 Å². The second-order valence-electron chi connectivity index (χ2n) is 3.19. The molecular formula is C8H16F3NO2. The zero-order chi connectivity index (χ0) is 11.2. The van der Waals surface area contributed by atoms with Crippen LogP contribution >= 0.6 is 0 Å². The molecule has 0 bridgehead atoms. The van der Waals surface area contributed by atoms with Crippen LogP contribution in [0.25, 0.3) is 0 Å². The normalized spacial score (nSPS) is 16.7. The Balaban J connectivity index is 4.21. The molecule has 0 saturated carbocycles. The van der Waals surface area contributed by atoms with E-state index in [1.807, 2.05) is 0 Å². The van der Waals surface area contributed by atoms with Crippen molar-refractivity contribution in [3.8, 4) is 0 Å². The maximum atomic E-state index is 11.9. The molecular weight excluding hydrogens is 199 g/mol. The summed E-state index contributed by atoms with van der Waals surface area (Å²) in [6, 6.07) is 0. The number of aliphatic hydroxyl groups is 1. The topological polar surface area (TPSA) is 41.5 Å². The highest BCUT2D eigenvalue weighted by molar-refractivity contribution is 4.86. The predicted octanol–water partition coefficient (Wildman–Crippen LogP) is 0.926. The quantitative estimate of drug-likeness (QED) is 0.692. The second-order valence-corrected chi connectivity index (χ2v) is 3.19. The Labute approximate surface area is 81.2 Å². The molecule has 6 heteroatoms. The van der Waals surface area contributed by atoms with E-state index in [0.717, 1.165) is 0 Å². The van der Waals surface area contributed by atoms with Gasteiger partial charge >= 0.3 is 6.18 Å². The molecule has 0 radical (unpaired) electrons. The van der Waals surface area contributed by atoms with E-state index < -0.39 is 18.3 Å². The van der Waals surface area contributed by atoms with E-state index >= 15 is 0 Å². The van der Waals surface area contributed by atoms with Crippen molar-refractivity contribution in [1.29, 1.82) is 0 Å². The summed E-state index contributed by atoms with van der Waals surface area (Å²) in [5, 5.41) is 11.3. The van der Waals surface area contributed by atoms with Crippen molar-refractivity contribution in [1.82, 2.24) is 5.32 Å². The fourth-order valence-electron chi connectivity index (χ4n) is 1.06. The van der Waals surface area contributed by atoms with Crippen LogP contribution in [0.4, 0.5) is 13.2 Å². The number of nitrogens with one attached hydrogen (secondary N) is 1. The summed E-state index contributed by atoms with van der Waals surface area (Å²) in [6.07, 6.45) is -3.91. The number of methoxy groups -OCH3 is 1. The molecule has 0 aliphatic heterocycles. The Kier molecular flexibility index (Phi) is 5.40. The van der Waals surface area contributed by atoms with Gasteiger partial charge in [0.2, 0.25) is 0 Å². The maximum absolute atomic E-state index is 11.9. The fraction of sp³-hybridized carbons (Fsp3) is 1.00. The van der Waals surface area contributed by atoms with Crippen LogP contribution in [0, 0.1) is 0 Å². The van der Waals surface area contributed by atoms with Crippen LogP contribution in [-0.2, 0) is 4.74 Å². The molecule has 0 spiro atoms.